The van der Waals surface area contributed by atoms with Gasteiger partial charge in [-0.05, 0) is 55.7 Å². The van der Waals surface area contributed by atoms with E-state index in [2.05, 4.69) is 12.0 Å². The number of methoxy groups -OCH3 is 1. The first-order chi connectivity index (χ1) is 14.5. The van der Waals surface area contributed by atoms with E-state index >= 15 is 0 Å². The molecule has 0 aliphatic carbocycles. The van der Waals surface area contributed by atoms with Gasteiger partial charge in [0.2, 0.25) is 0 Å². The molecule has 3 rings (SSSR count). The minimum absolute atomic E-state index is 0.0216. The summed E-state index contributed by atoms with van der Waals surface area (Å²) in [5.74, 6) is 0.345. The molecule has 6 heteroatoms. The number of ether oxygens (including phenoxy) is 2. The van der Waals surface area contributed by atoms with Gasteiger partial charge in [0, 0.05) is 5.56 Å². The maximum atomic E-state index is 12.8. The molecule has 1 heterocycles. The zero-order valence-electron chi connectivity index (χ0n) is 17.5. The molecule has 1 aliphatic rings. The first-order valence-corrected chi connectivity index (χ1v) is 9.89. The Hall–Kier alpha value is -3.54. The summed E-state index contributed by atoms with van der Waals surface area (Å²) in [4.78, 5) is 25.3. The average molecular weight is 406 g/mol. The van der Waals surface area contributed by atoms with Crippen molar-refractivity contribution < 1.29 is 19.1 Å². The van der Waals surface area contributed by atoms with E-state index in [1.54, 1.807) is 49.6 Å². The number of benzene rings is 2. The van der Waals surface area contributed by atoms with Crippen molar-refractivity contribution in [2.75, 3.05) is 12.1 Å². The fourth-order valence-corrected chi connectivity index (χ4v) is 3.13. The number of para-hydroxylation sites is 1. The summed E-state index contributed by atoms with van der Waals surface area (Å²) >= 11 is 0. The van der Waals surface area contributed by atoms with Crippen LogP contribution in [0, 0.1) is 0 Å². The Kier molecular flexibility index (Phi) is 6.57. The van der Waals surface area contributed by atoms with Gasteiger partial charge < -0.3 is 9.47 Å². The second kappa shape index (κ2) is 9.31. The van der Waals surface area contributed by atoms with Crippen LogP contribution in [0.5, 0.6) is 11.5 Å². The van der Waals surface area contributed by atoms with E-state index in [1.807, 2.05) is 26.0 Å². The van der Waals surface area contributed by atoms with Crippen molar-refractivity contribution in [1.29, 1.82) is 0 Å². The second-order valence-electron chi connectivity index (χ2n) is 7.02. The highest BCUT2D eigenvalue weighted by molar-refractivity contribution is 6.31. The van der Waals surface area contributed by atoms with Gasteiger partial charge in [-0.3, -0.25) is 15.0 Å². The minimum Gasteiger partial charge on any atom is -0.493 e. The van der Waals surface area contributed by atoms with E-state index < -0.39 is 11.8 Å². The molecule has 2 aromatic carbocycles. The average Bonchev–Trinajstić information content (AvgIpc) is 3.04. The maximum Gasteiger partial charge on any atom is 0.282 e. The van der Waals surface area contributed by atoms with Gasteiger partial charge in [0.25, 0.3) is 11.8 Å². The Bertz CT molecular complexity index is 982. The molecular weight excluding hydrogens is 380 g/mol. The molecular formula is C24H26N2O4. The van der Waals surface area contributed by atoms with E-state index in [1.165, 1.54) is 5.01 Å². The number of carbonyl (C=O) groups is 2. The maximum absolute atomic E-state index is 12.8. The summed E-state index contributed by atoms with van der Waals surface area (Å²) in [6, 6.07) is 12.6. The highest BCUT2D eigenvalue weighted by Gasteiger charge is 2.34. The van der Waals surface area contributed by atoms with Crippen LogP contribution in [0.4, 0.5) is 5.69 Å². The third-order valence-corrected chi connectivity index (χ3v) is 4.85. The van der Waals surface area contributed by atoms with Crippen molar-refractivity contribution in [2.45, 2.75) is 32.8 Å². The molecule has 1 N–H and O–H groups in total. The van der Waals surface area contributed by atoms with Gasteiger partial charge in [-0.25, -0.2) is 5.01 Å². The summed E-state index contributed by atoms with van der Waals surface area (Å²) in [6.07, 6.45) is 4.79. The fraction of sp³-hybridized carbons (Fsp3) is 0.250. The standard InChI is InChI=1S/C24H26N2O4/c1-5-10-18-13-17(15-21(29-4)22(18)30-16(3)6-2)14-20-23(27)25-26(24(20)28)19-11-8-7-9-12-19/h5,7-9,11-16H,1,6,10H2,2-4H3,(H,25,27)/b20-14-/t16-/m1/s1. The number of nitrogens with one attached hydrogen (secondary N) is 1. The first kappa shape index (κ1) is 21.2. The van der Waals surface area contributed by atoms with Crippen LogP contribution < -0.4 is 19.9 Å². The summed E-state index contributed by atoms with van der Waals surface area (Å²) in [7, 11) is 1.57. The first-order valence-electron chi connectivity index (χ1n) is 9.89. The van der Waals surface area contributed by atoms with E-state index in [9.17, 15) is 9.59 Å². The molecule has 6 nitrogen and oxygen atoms in total. The molecule has 1 fully saturated rings. The summed E-state index contributed by atoms with van der Waals surface area (Å²) in [5, 5.41) is 1.25. The van der Waals surface area contributed by atoms with E-state index in [-0.39, 0.29) is 11.7 Å². The van der Waals surface area contributed by atoms with Crippen molar-refractivity contribution in [3.63, 3.8) is 0 Å². The summed E-state index contributed by atoms with van der Waals surface area (Å²) in [6.45, 7) is 7.86. The van der Waals surface area contributed by atoms with Crippen LogP contribution in [0.1, 0.15) is 31.4 Å². The van der Waals surface area contributed by atoms with Crippen LogP contribution in [0.2, 0.25) is 0 Å². The number of allylic oxidation sites excluding steroid dienone is 1. The molecule has 2 aromatic rings. The molecule has 2 amide bonds. The summed E-state index contributed by atoms with van der Waals surface area (Å²) in [5.41, 5.74) is 4.82. The number of rotatable bonds is 8. The largest absolute Gasteiger partial charge is 0.493 e. The van der Waals surface area contributed by atoms with Crippen LogP contribution in [0.15, 0.2) is 60.7 Å². The van der Waals surface area contributed by atoms with Crippen molar-refractivity contribution in [1.82, 2.24) is 5.43 Å². The van der Waals surface area contributed by atoms with Gasteiger partial charge in [0.05, 0.1) is 18.9 Å². The number of hydrazine groups is 1. The molecule has 1 atom stereocenters. The Balaban J connectivity index is 2.00. The van der Waals surface area contributed by atoms with Gasteiger partial charge >= 0.3 is 0 Å². The Morgan fingerprint density at radius 1 is 1.20 bits per heavy atom. The predicted molar refractivity (Wildman–Crippen MR) is 117 cm³/mol. The fourth-order valence-electron chi connectivity index (χ4n) is 3.13. The van der Waals surface area contributed by atoms with E-state index in [4.69, 9.17) is 9.47 Å². The number of nitrogens with zero attached hydrogens (tertiary/aromatic N) is 1. The number of carbonyl (C=O) groups excluding carboxylic acids is 2. The Morgan fingerprint density at radius 2 is 1.93 bits per heavy atom. The zero-order chi connectivity index (χ0) is 21.7. The topological polar surface area (TPSA) is 67.9 Å². The lowest BCUT2D eigenvalue weighted by atomic mass is 10.0. The van der Waals surface area contributed by atoms with Crippen molar-refractivity contribution in [3.05, 3.63) is 71.8 Å². The van der Waals surface area contributed by atoms with Gasteiger partial charge in [-0.2, -0.15) is 0 Å². The van der Waals surface area contributed by atoms with E-state index in [0.717, 1.165) is 12.0 Å². The lowest BCUT2D eigenvalue weighted by molar-refractivity contribution is -0.117. The highest BCUT2D eigenvalue weighted by Crippen LogP contribution is 2.35. The summed E-state index contributed by atoms with van der Waals surface area (Å²) < 4.78 is 11.6. The molecule has 1 saturated heterocycles. The lowest BCUT2D eigenvalue weighted by Crippen LogP contribution is -2.35. The van der Waals surface area contributed by atoms with Crippen LogP contribution in [-0.2, 0) is 16.0 Å². The third-order valence-electron chi connectivity index (χ3n) is 4.85. The van der Waals surface area contributed by atoms with Crippen LogP contribution in [0.25, 0.3) is 6.08 Å². The Morgan fingerprint density at radius 3 is 2.57 bits per heavy atom. The van der Waals surface area contributed by atoms with Crippen molar-refractivity contribution in [3.8, 4) is 11.5 Å². The van der Waals surface area contributed by atoms with Crippen LogP contribution in [-0.4, -0.2) is 25.0 Å². The van der Waals surface area contributed by atoms with Gasteiger partial charge in [-0.1, -0.05) is 31.2 Å². The third kappa shape index (κ3) is 4.38. The molecule has 30 heavy (non-hydrogen) atoms. The molecule has 156 valence electrons. The molecule has 0 saturated carbocycles. The van der Waals surface area contributed by atoms with Crippen LogP contribution >= 0.6 is 0 Å². The molecule has 0 spiro atoms. The molecule has 0 radical (unpaired) electrons. The monoisotopic (exact) mass is 406 g/mol. The number of hydrogen-bond acceptors (Lipinski definition) is 4. The highest BCUT2D eigenvalue weighted by atomic mass is 16.5. The molecule has 1 aliphatic heterocycles. The van der Waals surface area contributed by atoms with Crippen LogP contribution in [0.3, 0.4) is 0 Å². The number of anilines is 1. The normalized spacial score (nSPS) is 15.8. The quantitative estimate of drug-likeness (QED) is 0.408. The smallest absolute Gasteiger partial charge is 0.282 e. The molecule has 0 bridgehead atoms. The predicted octanol–water partition coefficient (Wildman–Crippen LogP) is 4.06. The SMILES string of the molecule is C=CCc1cc(/C=C2/C(=O)NN(c3ccccc3)C2=O)cc(OC)c1O[C@H](C)CC. The van der Waals surface area contributed by atoms with E-state index in [0.29, 0.717) is 29.2 Å². The minimum atomic E-state index is -0.451. The Labute approximate surface area is 176 Å². The number of hydrogen-bond donors (Lipinski definition) is 1. The zero-order valence-corrected chi connectivity index (χ0v) is 17.5. The molecule has 0 unspecified atom stereocenters. The number of amides is 2. The van der Waals surface area contributed by atoms with Gasteiger partial charge in [-0.15, -0.1) is 6.58 Å². The van der Waals surface area contributed by atoms with Gasteiger partial charge in [0.15, 0.2) is 11.5 Å². The van der Waals surface area contributed by atoms with Gasteiger partial charge in [0.1, 0.15) is 5.57 Å². The lowest BCUT2D eigenvalue weighted by Gasteiger charge is -2.19. The second-order valence-corrected chi connectivity index (χ2v) is 7.02. The van der Waals surface area contributed by atoms with Crippen molar-refractivity contribution >= 4 is 23.6 Å². The van der Waals surface area contributed by atoms with Crippen molar-refractivity contribution in [2.24, 2.45) is 0 Å². The molecule has 0 aromatic heterocycles.